The van der Waals surface area contributed by atoms with Gasteiger partial charge in [-0.1, -0.05) is 49.4 Å². The Bertz CT molecular complexity index is 522. The highest BCUT2D eigenvalue weighted by molar-refractivity contribution is 5.38. The summed E-state index contributed by atoms with van der Waals surface area (Å²) in [6, 6.07) is 16.5. The van der Waals surface area contributed by atoms with E-state index < -0.39 is 0 Å². The number of hydrogen-bond donors (Lipinski definition) is 1. The van der Waals surface area contributed by atoms with Gasteiger partial charge in [-0.3, -0.25) is 0 Å². The van der Waals surface area contributed by atoms with E-state index >= 15 is 0 Å². The summed E-state index contributed by atoms with van der Waals surface area (Å²) in [4.78, 5) is 0. The fourth-order valence-electron chi connectivity index (χ4n) is 1.95. The molecule has 0 saturated carbocycles. The van der Waals surface area contributed by atoms with E-state index in [9.17, 15) is 0 Å². The number of hydrogen-bond acceptors (Lipinski definition) is 2. The summed E-state index contributed by atoms with van der Waals surface area (Å²) in [7, 11) is 0. The van der Waals surface area contributed by atoms with Crippen LogP contribution in [0, 0.1) is 6.92 Å². The molecule has 2 N–H and O–H groups in total. The number of ether oxygens (including phenoxy) is 1. The quantitative estimate of drug-likeness (QED) is 0.885. The Morgan fingerprint density at radius 3 is 2.53 bits per heavy atom. The summed E-state index contributed by atoms with van der Waals surface area (Å²) in [6.45, 7) is 5.45. The van der Waals surface area contributed by atoms with Gasteiger partial charge in [0, 0.05) is 0 Å². The van der Waals surface area contributed by atoms with E-state index in [0.717, 1.165) is 11.3 Å². The van der Waals surface area contributed by atoms with Gasteiger partial charge in [0.15, 0.2) is 0 Å². The van der Waals surface area contributed by atoms with Crippen molar-refractivity contribution in [3.05, 3.63) is 65.2 Å². The average molecular weight is 255 g/mol. The van der Waals surface area contributed by atoms with Crippen molar-refractivity contribution in [2.45, 2.75) is 26.4 Å². The Hall–Kier alpha value is -1.80. The van der Waals surface area contributed by atoms with Gasteiger partial charge in [-0.15, -0.1) is 0 Å². The first-order valence-corrected chi connectivity index (χ1v) is 6.68. The van der Waals surface area contributed by atoms with E-state index in [-0.39, 0.29) is 0 Å². The van der Waals surface area contributed by atoms with Crippen molar-refractivity contribution < 1.29 is 4.74 Å². The van der Waals surface area contributed by atoms with Crippen molar-refractivity contribution in [2.24, 2.45) is 5.73 Å². The van der Waals surface area contributed by atoms with Gasteiger partial charge in [-0.25, -0.2) is 0 Å². The van der Waals surface area contributed by atoms with Gasteiger partial charge in [0.1, 0.15) is 12.4 Å². The second kappa shape index (κ2) is 6.39. The van der Waals surface area contributed by atoms with Crippen LogP contribution < -0.4 is 10.5 Å². The molecule has 0 radical (unpaired) electrons. The average Bonchev–Trinajstić information content (AvgIpc) is 2.46. The lowest BCUT2D eigenvalue weighted by Gasteiger charge is -2.14. The molecule has 2 aromatic carbocycles. The molecule has 0 aliphatic rings. The van der Waals surface area contributed by atoms with Crippen LogP contribution in [-0.2, 0) is 6.61 Å². The highest BCUT2D eigenvalue weighted by atomic mass is 16.5. The molecule has 100 valence electrons. The topological polar surface area (TPSA) is 35.2 Å². The summed E-state index contributed by atoms with van der Waals surface area (Å²) < 4.78 is 5.92. The van der Waals surface area contributed by atoms with Crippen molar-refractivity contribution in [3.63, 3.8) is 0 Å². The second-order valence-electron chi connectivity index (χ2n) is 4.94. The predicted molar refractivity (Wildman–Crippen MR) is 79.4 cm³/mol. The molecule has 1 unspecified atom stereocenters. The molecule has 0 aromatic heterocycles. The van der Waals surface area contributed by atoms with Crippen molar-refractivity contribution in [1.29, 1.82) is 0 Å². The second-order valence-corrected chi connectivity index (χ2v) is 4.94. The van der Waals surface area contributed by atoms with E-state index in [2.05, 4.69) is 44.2 Å². The number of nitrogens with two attached hydrogens (primary N) is 1. The van der Waals surface area contributed by atoms with Crippen LogP contribution in [0.15, 0.2) is 48.5 Å². The van der Waals surface area contributed by atoms with Crippen molar-refractivity contribution in [2.75, 3.05) is 6.54 Å². The summed E-state index contributed by atoms with van der Waals surface area (Å²) in [5.74, 6) is 1.31. The Labute approximate surface area is 115 Å². The molecule has 0 heterocycles. The standard InChI is InChI=1S/C17H21NO/c1-13-8-9-16(14(2)11-18)10-17(13)19-12-15-6-4-3-5-7-15/h3-10,14H,11-12,18H2,1-2H3. The summed E-state index contributed by atoms with van der Waals surface area (Å²) in [5, 5.41) is 0. The van der Waals surface area contributed by atoms with Gasteiger partial charge < -0.3 is 10.5 Å². The molecule has 0 spiro atoms. The zero-order valence-corrected chi connectivity index (χ0v) is 11.6. The van der Waals surface area contributed by atoms with Gasteiger partial charge in [-0.05, 0) is 42.1 Å². The molecule has 0 aliphatic carbocycles. The molecule has 0 aliphatic heterocycles. The third kappa shape index (κ3) is 3.58. The Balaban J connectivity index is 2.11. The zero-order valence-electron chi connectivity index (χ0n) is 11.6. The third-order valence-electron chi connectivity index (χ3n) is 3.37. The number of rotatable bonds is 5. The van der Waals surface area contributed by atoms with Crippen molar-refractivity contribution >= 4 is 0 Å². The SMILES string of the molecule is Cc1ccc(C(C)CN)cc1OCc1ccccc1. The van der Waals surface area contributed by atoms with Gasteiger partial charge in [0.25, 0.3) is 0 Å². The third-order valence-corrected chi connectivity index (χ3v) is 3.37. The predicted octanol–water partition coefficient (Wildman–Crippen LogP) is 3.64. The molecule has 2 aromatic rings. The van der Waals surface area contributed by atoms with E-state index in [1.807, 2.05) is 18.2 Å². The molecular weight excluding hydrogens is 234 g/mol. The Morgan fingerprint density at radius 2 is 1.84 bits per heavy atom. The van der Waals surface area contributed by atoms with Crippen LogP contribution >= 0.6 is 0 Å². The lowest BCUT2D eigenvalue weighted by Crippen LogP contribution is -2.09. The van der Waals surface area contributed by atoms with Crippen LogP contribution in [-0.4, -0.2) is 6.54 Å². The summed E-state index contributed by atoms with van der Waals surface area (Å²) in [6.07, 6.45) is 0. The van der Waals surface area contributed by atoms with Gasteiger partial charge in [0.05, 0.1) is 0 Å². The molecule has 0 bridgehead atoms. The van der Waals surface area contributed by atoms with Crippen molar-refractivity contribution in [1.82, 2.24) is 0 Å². The van der Waals surface area contributed by atoms with Gasteiger partial charge in [0.2, 0.25) is 0 Å². The monoisotopic (exact) mass is 255 g/mol. The molecule has 0 saturated heterocycles. The molecule has 0 fully saturated rings. The summed E-state index contributed by atoms with van der Waals surface area (Å²) >= 11 is 0. The smallest absolute Gasteiger partial charge is 0.123 e. The van der Waals surface area contributed by atoms with Gasteiger partial charge in [-0.2, -0.15) is 0 Å². The Morgan fingerprint density at radius 1 is 1.11 bits per heavy atom. The van der Waals surface area contributed by atoms with Crippen LogP contribution in [0.3, 0.4) is 0 Å². The van der Waals surface area contributed by atoms with Gasteiger partial charge >= 0.3 is 0 Å². The van der Waals surface area contributed by atoms with Crippen molar-refractivity contribution in [3.8, 4) is 5.75 Å². The summed E-state index contributed by atoms with van der Waals surface area (Å²) in [5.41, 5.74) is 9.29. The molecular formula is C17H21NO. The minimum atomic E-state index is 0.361. The molecule has 1 atom stereocenters. The Kier molecular flexibility index (Phi) is 4.58. The minimum absolute atomic E-state index is 0.361. The lowest BCUT2D eigenvalue weighted by atomic mass is 10.00. The lowest BCUT2D eigenvalue weighted by molar-refractivity contribution is 0.303. The van der Waals surface area contributed by atoms with E-state index in [1.165, 1.54) is 11.1 Å². The largest absolute Gasteiger partial charge is 0.489 e. The van der Waals surface area contributed by atoms with E-state index in [0.29, 0.717) is 19.1 Å². The fourth-order valence-corrected chi connectivity index (χ4v) is 1.95. The molecule has 2 heteroatoms. The van der Waals surface area contributed by atoms with E-state index in [1.54, 1.807) is 0 Å². The van der Waals surface area contributed by atoms with Crippen LogP contribution in [0.5, 0.6) is 5.75 Å². The highest BCUT2D eigenvalue weighted by Gasteiger charge is 2.07. The number of aryl methyl sites for hydroxylation is 1. The van der Waals surface area contributed by atoms with Crippen LogP contribution in [0.1, 0.15) is 29.5 Å². The van der Waals surface area contributed by atoms with Crippen LogP contribution in [0.25, 0.3) is 0 Å². The first-order valence-electron chi connectivity index (χ1n) is 6.68. The minimum Gasteiger partial charge on any atom is -0.489 e. The highest BCUT2D eigenvalue weighted by Crippen LogP contribution is 2.24. The van der Waals surface area contributed by atoms with E-state index in [4.69, 9.17) is 10.5 Å². The maximum Gasteiger partial charge on any atom is 0.123 e. The van der Waals surface area contributed by atoms with Crippen LogP contribution in [0.2, 0.25) is 0 Å². The molecule has 0 amide bonds. The molecule has 2 rings (SSSR count). The van der Waals surface area contributed by atoms with Crippen LogP contribution in [0.4, 0.5) is 0 Å². The zero-order chi connectivity index (χ0) is 13.7. The maximum atomic E-state index is 5.92. The first-order chi connectivity index (χ1) is 9.20. The normalized spacial score (nSPS) is 12.2. The number of benzene rings is 2. The maximum absolute atomic E-state index is 5.92. The molecule has 2 nitrogen and oxygen atoms in total. The molecule has 19 heavy (non-hydrogen) atoms. The fraction of sp³-hybridized carbons (Fsp3) is 0.294. The first kappa shape index (κ1) is 13.6.